The first-order valence-corrected chi connectivity index (χ1v) is 7.20. The summed E-state index contributed by atoms with van der Waals surface area (Å²) in [4.78, 5) is 12.1. The van der Waals surface area contributed by atoms with Crippen LogP contribution in [0.15, 0.2) is 18.2 Å². The van der Waals surface area contributed by atoms with E-state index in [1.54, 1.807) is 13.2 Å². The predicted octanol–water partition coefficient (Wildman–Crippen LogP) is 2.57. The summed E-state index contributed by atoms with van der Waals surface area (Å²) in [5, 5.41) is 13.7. The Morgan fingerprint density at radius 2 is 2.00 bits per heavy atom. The molecule has 0 aliphatic heterocycles. The van der Waals surface area contributed by atoms with Gasteiger partial charge in [0.25, 0.3) is 5.91 Å². The lowest BCUT2D eigenvalue weighted by Crippen LogP contribution is -2.42. The molecule has 0 bridgehead atoms. The second-order valence-corrected chi connectivity index (χ2v) is 5.89. The van der Waals surface area contributed by atoms with Crippen molar-refractivity contribution in [1.29, 1.82) is 0 Å². The maximum atomic E-state index is 12.1. The Labute approximate surface area is 128 Å². The highest BCUT2D eigenvalue weighted by Gasteiger charge is 2.33. The summed E-state index contributed by atoms with van der Waals surface area (Å²) < 4.78 is 5.09. The van der Waals surface area contributed by atoms with E-state index in [4.69, 9.17) is 27.9 Å². The van der Waals surface area contributed by atoms with Crippen molar-refractivity contribution in [3.63, 3.8) is 0 Å². The molecular weight excluding hydrogens is 301 g/mol. The van der Waals surface area contributed by atoms with Crippen LogP contribution in [-0.4, -0.2) is 30.8 Å². The van der Waals surface area contributed by atoms with Gasteiger partial charge >= 0.3 is 0 Å². The third kappa shape index (κ3) is 4.09. The lowest BCUT2D eigenvalue weighted by molar-refractivity contribution is -0.131. The average Bonchev–Trinajstić information content (AvgIpc) is 3.20. The van der Waals surface area contributed by atoms with Gasteiger partial charge in [-0.25, -0.2) is 0 Å². The normalized spacial score (nSPS) is 17.6. The molecule has 0 radical (unpaired) electrons. The van der Waals surface area contributed by atoms with Gasteiger partial charge in [0.15, 0.2) is 6.10 Å². The predicted molar refractivity (Wildman–Crippen MR) is 78.0 cm³/mol. The molecule has 0 saturated heterocycles. The van der Waals surface area contributed by atoms with Crippen LogP contribution < -0.4 is 5.32 Å². The molecule has 1 aliphatic carbocycles. The molecule has 2 atom stereocenters. The van der Waals surface area contributed by atoms with Gasteiger partial charge in [0.2, 0.25) is 0 Å². The van der Waals surface area contributed by atoms with Gasteiger partial charge in [-0.1, -0.05) is 23.2 Å². The molecule has 6 heteroatoms. The second kappa shape index (κ2) is 6.76. The third-order valence-electron chi connectivity index (χ3n) is 3.31. The van der Waals surface area contributed by atoms with E-state index in [0.717, 1.165) is 12.8 Å². The summed E-state index contributed by atoms with van der Waals surface area (Å²) in [6, 6.07) is 4.55. The van der Waals surface area contributed by atoms with Crippen LogP contribution >= 0.6 is 23.2 Å². The number of hydrogen-bond acceptors (Lipinski definition) is 3. The zero-order valence-corrected chi connectivity index (χ0v) is 12.6. The minimum absolute atomic E-state index is 0.0585. The molecule has 1 aromatic rings. The van der Waals surface area contributed by atoms with Gasteiger partial charge in [-0.3, -0.25) is 4.79 Å². The fourth-order valence-electron chi connectivity index (χ4n) is 2.12. The first-order chi connectivity index (χ1) is 9.51. The van der Waals surface area contributed by atoms with Crippen LogP contribution in [0, 0.1) is 5.92 Å². The Kier molecular flexibility index (Phi) is 5.27. The topological polar surface area (TPSA) is 58.6 Å². The summed E-state index contributed by atoms with van der Waals surface area (Å²) in [6.07, 6.45) is 0.866. The van der Waals surface area contributed by atoms with Crippen molar-refractivity contribution in [3.05, 3.63) is 33.8 Å². The second-order valence-electron chi connectivity index (χ2n) is 5.01. The maximum absolute atomic E-state index is 12.1. The monoisotopic (exact) mass is 317 g/mol. The molecule has 4 nitrogen and oxygen atoms in total. The minimum atomic E-state index is -1.29. The zero-order chi connectivity index (χ0) is 14.7. The Bertz CT molecular complexity index is 471. The number of hydrogen-bond donors (Lipinski definition) is 2. The van der Waals surface area contributed by atoms with Crippen molar-refractivity contribution in [1.82, 2.24) is 5.32 Å². The highest BCUT2D eigenvalue weighted by atomic mass is 35.5. The number of aliphatic hydroxyl groups is 1. The molecule has 110 valence electrons. The van der Waals surface area contributed by atoms with Crippen LogP contribution in [0.5, 0.6) is 0 Å². The molecule has 20 heavy (non-hydrogen) atoms. The highest BCUT2D eigenvalue weighted by Crippen LogP contribution is 2.33. The maximum Gasteiger partial charge on any atom is 0.253 e. The smallest absolute Gasteiger partial charge is 0.253 e. The van der Waals surface area contributed by atoms with Crippen LogP contribution in [0.2, 0.25) is 10.0 Å². The molecule has 1 amide bonds. The number of rotatable bonds is 6. The Morgan fingerprint density at radius 3 is 2.50 bits per heavy atom. The molecule has 1 fully saturated rings. The SMILES string of the molecule is COC[C@H](NC(=O)[C@H](O)c1cc(Cl)cc(Cl)c1)C1CC1. The largest absolute Gasteiger partial charge is 0.383 e. The van der Waals surface area contributed by atoms with E-state index in [9.17, 15) is 9.90 Å². The Hall–Kier alpha value is -0.810. The van der Waals surface area contributed by atoms with Crippen LogP contribution in [0.1, 0.15) is 24.5 Å². The Balaban J connectivity index is 2.03. The van der Waals surface area contributed by atoms with E-state index in [-0.39, 0.29) is 6.04 Å². The quantitative estimate of drug-likeness (QED) is 0.847. The average molecular weight is 318 g/mol. The van der Waals surface area contributed by atoms with Gasteiger partial charge in [-0.15, -0.1) is 0 Å². The first kappa shape index (κ1) is 15.6. The van der Waals surface area contributed by atoms with Crippen molar-refractivity contribution in [2.24, 2.45) is 5.92 Å². The van der Waals surface area contributed by atoms with Gasteiger partial charge in [0, 0.05) is 17.2 Å². The lowest BCUT2D eigenvalue weighted by Gasteiger charge is -2.20. The van der Waals surface area contributed by atoms with Gasteiger partial charge in [0.05, 0.1) is 12.6 Å². The van der Waals surface area contributed by atoms with Gasteiger partial charge in [0.1, 0.15) is 0 Å². The number of halogens is 2. The molecule has 0 aromatic heterocycles. The number of carbonyl (C=O) groups is 1. The zero-order valence-electron chi connectivity index (χ0n) is 11.1. The summed E-state index contributed by atoms with van der Waals surface area (Å²) in [7, 11) is 1.59. The Morgan fingerprint density at radius 1 is 1.40 bits per heavy atom. The molecule has 0 spiro atoms. The molecule has 1 aliphatic rings. The molecular formula is C14H17Cl2NO3. The minimum Gasteiger partial charge on any atom is -0.383 e. The molecule has 2 rings (SSSR count). The first-order valence-electron chi connectivity index (χ1n) is 6.44. The lowest BCUT2D eigenvalue weighted by atomic mass is 10.1. The number of nitrogens with one attached hydrogen (secondary N) is 1. The van der Waals surface area contributed by atoms with Crippen molar-refractivity contribution >= 4 is 29.1 Å². The van der Waals surface area contributed by atoms with E-state index >= 15 is 0 Å². The highest BCUT2D eigenvalue weighted by molar-refractivity contribution is 6.34. The standard InChI is InChI=1S/C14H17Cl2NO3/c1-20-7-12(8-2-3-8)17-14(19)13(18)9-4-10(15)6-11(16)5-9/h4-6,8,12-13,18H,2-3,7H2,1H3,(H,17,19)/t12-,13+/m0/s1. The number of aliphatic hydroxyl groups excluding tert-OH is 1. The molecule has 2 N–H and O–H groups in total. The van der Waals surface area contributed by atoms with Crippen molar-refractivity contribution in [3.8, 4) is 0 Å². The molecule has 1 saturated carbocycles. The van der Waals surface area contributed by atoms with E-state index in [2.05, 4.69) is 5.32 Å². The fraction of sp³-hybridized carbons (Fsp3) is 0.500. The summed E-state index contributed by atoms with van der Waals surface area (Å²) >= 11 is 11.7. The number of ether oxygens (including phenoxy) is 1. The van der Waals surface area contributed by atoms with Crippen LogP contribution in [0.4, 0.5) is 0 Å². The van der Waals surface area contributed by atoms with E-state index in [1.165, 1.54) is 12.1 Å². The van der Waals surface area contributed by atoms with Gasteiger partial charge in [-0.05, 0) is 42.5 Å². The van der Waals surface area contributed by atoms with Crippen LogP contribution in [0.3, 0.4) is 0 Å². The van der Waals surface area contributed by atoms with Crippen molar-refractivity contribution < 1.29 is 14.6 Å². The van der Waals surface area contributed by atoms with Crippen molar-refractivity contribution in [2.75, 3.05) is 13.7 Å². The number of carbonyl (C=O) groups excluding carboxylic acids is 1. The molecule has 1 aromatic carbocycles. The third-order valence-corrected chi connectivity index (χ3v) is 3.75. The summed E-state index contributed by atoms with van der Waals surface area (Å²) in [5.74, 6) is -0.0219. The van der Waals surface area contributed by atoms with Gasteiger partial charge < -0.3 is 15.2 Å². The summed E-state index contributed by atoms with van der Waals surface area (Å²) in [6.45, 7) is 0.444. The molecule has 0 heterocycles. The van der Waals surface area contributed by atoms with E-state index < -0.39 is 12.0 Å². The molecule has 0 unspecified atom stereocenters. The van der Waals surface area contributed by atoms with E-state index in [1.807, 2.05) is 0 Å². The van der Waals surface area contributed by atoms with Gasteiger partial charge in [-0.2, -0.15) is 0 Å². The van der Waals surface area contributed by atoms with E-state index in [0.29, 0.717) is 28.1 Å². The van der Waals surface area contributed by atoms with Crippen molar-refractivity contribution in [2.45, 2.75) is 25.0 Å². The van der Waals surface area contributed by atoms with Crippen LogP contribution in [0.25, 0.3) is 0 Å². The number of amides is 1. The number of methoxy groups -OCH3 is 1. The fourth-order valence-corrected chi connectivity index (χ4v) is 2.66. The number of benzene rings is 1. The van der Waals surface area contributed by atoms with Crippen LogP contribution in [-0.2, 0) is 9.53 Å². The summed E-state index contributed by atoms with van der Waals surface area (Å²) in [5.41, 5.74) is 0.381.